The van der Waals surface area contributed by atoms with Crippen LogP contribution < -0.4 is 0 Å². The molecular weight excluding hydrogens is 199 g/mol. The Hall–Kier alpha value is -0.300. The van der Waals surface area contributed by atoms with E-state index in [4.69, 9.17) is 11.6 Å². The zero-order valence-corrected chi connectivity index (χ0v) is 10.5. The molecule has 14 heavy (non-hydrogen) atoms. The van der Waals surface area contributed by atoms with Crippen LogP contribution in [0.1, 0.15) is 47.5 Å². The molecule has 0 aromatic carbocycles. The summed E-state index contributed by atoms with van der Waals surface area (Å²) in [5.74, 6) is 0.156. The van der Waals surface area contributed by atoms with Gasteiger partial charge in [0.15, 0.2) is 0 Å². The lowest BCUT2D eigenvalue weighted by Gasteiger charge is -2.19. The van der Waals surface area contributed by atoms with Crippen LogP contribution in [0.15, 0.2) is 22.0 Å². The van der Waals surface area contributed by atoms with Crippen molar-refractivity contribution in [3.63, 3.8) is 0 Å². The summed E-state index contributed by atoms with van der Waals surface area (Å²) in [6.07, 6.45) is 1.73. The normalized spacial score (nSPS) is 17.1. The van der Waals surface area contributed by atoms with Crippen LogP contribution in [0.2, 0.25) is 0 Å². The van der Waals surface area contributed by atoms with Crippen molar-refractivity contribution < 1.29 is 4.39 Å². The molecule has 1 aliphatic rings. The lowest BCUT2D eigenvalue weighted by Crippen LogP contribution is -2.03. The Balaban J connectivity index is 0.000000791. The van der Waals surface area contributed by atoms with Crippen LogP contribution in [0.3, 0.4) is 0 Å². The summed E-state index contributed by atoms with van der Waals surface area (Å²) in [4.78, 5) is 0. The van der Waals surface area contributed by atoms with Gasteiger partial charge < -0.3 is 0 Å². The van der Waals surface area contributed by atoms with Crippen LogP contribution in [-0.4, -0.2) is 0 Å². The third-order valence-electron chi connectivity index (χ3n) is 2.32. The molecule has 0 fully saturated rings. The Labute approximate surface area is 91.8 Å². The molecule has 0 aromatic heterocycles. The van der Waals surface area contributed by atoms with E-state index in [2.05, 4.69) is 0 Å². The first-order valence-corrected chi connectivity index (χ1v) is 5.66. The van der Waals surface area contributed by atoms with Crippen molar-refractivity contribution in [1.29, 1.82) is 0 Å². The van der Waals surface area contributed by atoms with Crippen molar-refractivity contribution in [2.24, 2.45) is 5.92 Å². The Bertz CT molecular complexity index is 249. The van der Waals surface area contributed by atoms with Crippen molar-refractivity contribution in [3.8, 4) is 0 Å². The average Bonchev–Trinajstić information content (AvgIpc) is 2.17. The minimum absolute atomic E-state index is 0.202. The highest BCUT2D eigenvalue weighted by Gasteiger charge is 2.19. The summed E-state index contributed by atoms with van der Waals surface area (Å²) in [7, 11) is 0. The number of rotatable bonds is 1. The molecule has 0 aromatic rings. The maximum absolute atomic E-state index is 13.3. The fraction of sp³-hybridized carbons (Fsp3) is 0.667. The SMILES string of the molecule is CC.CC1=C(F)C(Cl)=C(C(C)C)CC1. The Morgan fingerprint density at radius 1 is 1.21 bits per heavy atom. The quantitative estimate of drug-likeness (QED) is 0.568. The topological polar surface area (TPSA) is 0 Å². The van der Waals surface area contributed by atoms with Crippen molar-refractivity contribution in [3.05, 3.63) is 22.0 Å². The van der Waals surface area contributed by atoms with Gasteiger partial charge in [0, 0.05) is 0 Å². The number of allylic oxidation sites excluding steroid dienone is 4. The largest absolute Gasteiger partial charge is 0.205 e. The minimum Gasteiger partial charge on any atom is -0.205 e. The second kappa shape index (κ2) is 6.23. The number of hydrogen-bond donors (Lipinski definition) is 0. The second-order valence-corrected chi connectivity index (χ2v) is 3.97. The molecule has 2 heteroatoms. The number of hydrogen-bond acceptors (Lipinski definition) is 0. The molecular formula is C12H20ClF. The van der Waals surface area contributed by atoms with E-state index < -0.39 is 0 Å². The van der Waals surface area contributed by atoms with Crippen LogP contribution in [0.4, 0.5) is 4.39 Å². The summed E-state index contributed by atoms with van der Waals surface area (Å²) >= 11 is 5.87. The predicted octanol–water partition coefficient (Wildman–Crippen LogP) is 5.20. The fourth-order valence-corrected chi connectivity index (χ4v) is 1.89. The first kappa shape index (κ1) is 13.7. The lowest BCUT2D eigenvalue weighted by molar-refractivity contribution is 0.600. The van der Waals surface area contributed by atoms with Gasteiger partial charge in [-0.1, -0.05) is 39.3 Å². The Kier molecular flexibility index (Phi) is 6.10. The van der Waals surface area contributed by atoms with E-state index in [1.165, 1.54) is 0 Å². The molecule has 1 aliphatic carbocycles. The van der Waals surface area contributed by atoms with Crippen molar-refractivity contribution in [2.45, 2.75) is 47.5 Å². The Morgan fingerprint density at radius 3 is 2.14 bits per heavy atom. The van der Waals surface area contributed by atoms with E-state index in [0.717, 1.165) is 24.0 Å². The molecule has 0 nitrogen and oxygen atoms in total. The summed E-state index contributed by atoms with van der Waals surface area (Å²) in [6.45, 7) is 9.89. The smallest absolute Gasteiger partial charge is 0.140 e. The maximum atomic E-state index is 13.3. The van der Waals surface area contributed by atoms with Crippen molar-refractivity contribution >= 4 is 11.6 Å². The lowest BCUT2D eigenvalue weighted by atomic mass is 9.91. The molecule has 82 valence electrons. The van der Waals surface area contributed by atoms with Crippen LogP contribution in [0.5, 0.6) is 0 Å². The molecule has 0 spiro atoms. The fourth-order valence-electron chi connectivity index (χ4n) is 1.41. The van der Waals surface area contributed by atoms with E-state index in [0.29, 0.717) is 11.0 Å². The highest BCUT2D eigenvalue weighted by molar-refractivity contribution is 6.32. The van der Waals surface area contributed by atoms with E-state index in [1.54, 1.807) is 6.92 Å². The van der Waals surface area contributed by atoms with Crippen LogP contribution in [0.25, 0.3) is 0 Å². The molecule has 0 N–H and O–H groups in total. The van der Waals surface area contributed by atoms with Gasteiger partial charge in [-0.3, -0.25) is 0 Å². The first-order valence-electron chi connectivity index (χ1n) is 5.28. The zero-order chi connectivity index (χ0) is 11.3. The number of halogens is 2. The predicted molar refractivity (Wildman–Crippen MR) is 62.1 cm³/mol. The minimum atomic E-state index is -0.202. The molecule has 0 atom stereocenters. The van der Waals surface area contributed by atoms with E-state index in [1.807, 2.05) is 27.7 Å². The molecule has 1 rings (SSSR count). The van der Waals surface area contributed by atoms with E-state index in [-0.39, 0.29) is 5.83 Å². The van der Waals surface area contributed by atoms with E-state index in [9.17, 15) is 4.39 Å². The zero-order valence-electron chi connectivity index (χ0n) is 9.75. The van der Waals surface area contributed by atoms with Gasteiger partial charge in [0.05, 0.1) is 5.03 Å². The van der Waals surface area contributed by atoms with Crippen LogP contribution in [0, 0.1) is 5.92 Å². The highest BCUT2D eigenvalue weighted by atomic mass is 35.5. The summed E-state index contributed by atoms with van der Waals surface area (Å²) in [5.41, 5.74) is 1.84. The molecule has 0 saturated carbocycles. The van der Waals surface area contributed by atoms with Crippen LogP contribution >= 0.6 is 11.6 Å². The molecule has 0 saturated heterocycles. The van der Waals surface area contributed by atoms with Gasteiger partial charge in [0.2, 0.25) is 0 Å². The first-order chi connectivity index (χ1) is 6.54. The summed E-state index contributed by atoms with van der Waals surface area (Å²) in [6, 6.07) is 0. The maximum Gasteiger partial charge on any atom is 0.140 e. The molecule has 0 amide bonds. The molecule has 0 bridgehead atoms. The van der Waals surface area contributed by atoms with Crippen molar-refractivity contribution in [2.75, 3.05) is 0 Å². The standard InChI is InChI=1S/C10H14ClF.C2H6/c1-6(2)8-5-4-7(3)10(12)9(8)11;1-2/h6H,4-5H2,1-3H3;1-2H3. The van der Waals surface area contributed by atoms with Gasteiger partial charge in [-0.15, -0.1) is 0 Å². The van der Waals surface area contributed by atoms with Crippen LogP contribution in [-0.2, 0) is 0 Å². The van der Waals surface area contributed by atoms with Gasteiger partial charge in [0.25, 0.3) is 0 Å². The third kappa shape index (κ3) is 3.13. The van der Waals surface area contributed by atoms with Gasteiger partial charge >= 0.3 is 0 Å². The summed E-state index contributed by atoms with van der Waals surface area (Å²) in [5, 5.41) is 0.355. The van der Waals surface area contributed by atoms with Gasteiger partial charge in [-0.2, -0.15) is 0 Å². The van der Waals surface area contributed by atoms with E-state index >= 15 is 0 Å². The Morgan fingerprint density at radius 2 is 1.71 bits per heavy atom. The van der Waals surface area contributed by atoms with Crippen molar-refractivity contribution in [1.82, 2.24) is 0 Å². The highest BCUT2D eigenvalue weighted by Crippen LogP contribution is 2.36. The molecule has 0 unspecified atom stereocenters. The van der Waals surface area contributed by atoms with Gasteiger partial charge in [-0.05, 0) is 36.8 Å². The summed E-state index contributed by atoms with van der Waals surface area (Å²) < 4.78 is 13.3. The van der Waals surface area contributed by atoms with Gasteiger partial charge in [0.1, 0.15) is 5.83 Å². The average molecular weight is 219 g/mol. The second-order valence-electron chi connectivity index (χ2n) is 3.59. The molecule has 0 radical (unpaired) electrons. The third-order valence-corrected chi connectivity index (χ3v) is 2.72. The van der Waals surface area contributed by atoms with Gasteiger partial charge in [-0.25, -0.2) is 4.39 Å². The molecule has 0 aliphatic heterocycles. The monoisotopic (exact) mass is 218 g/mol. The molecule has 0 heterocycles.